The molecule has 214 valence electrons. The van der Waals surface area contributed by atoms with Gasteiger partial charge in [-0.05, 0) is 57.0 Å². The van der Waals surface area contributed by atoms with Gasteiger partial charge in [-0.1, -0.05) is 35.3 Å². The normalized spacial score (nSPS) is 18.9. The van der Waals surface area contributed by atoms with Gasteiger partial charge in [0.2, 0.25) is 11.8 Å². The summed E-state index contributed by atoms with van der Waals surface area (Å²) < 4.78 is 7.63. The molecule has 10 nitrogen and oxygen atoms in total. The minimum absolute atomic E-state index is 0.157. The zero-order chi connectivity index (χ0) is 29.5. The maximum absolute atomic E-state index is 14.5. The zero-order valence-corrected chi connectivity index (χ0v) is 24.9. The number of carbonyl (C=O) groups is 2. The number of ether oxygens (including phenoxy) is 1. The van der Waals surface area contributed by atoms with Crippen LogP contribution in [0.4, 0.5) is 17.3 Å². The smallest absolute Gasteiger partial charge is 0.280 e. The average molecular weight is 604 g/mol. The van der Waals surface area contributed by atoms with Gasteiger partial charge < -0.3 is 19.5 Å². The first kappa shape index (κ1) is 26.7. The Morgan fingerprint density at radius 3 is 2.48 bits per heavy atom. The van der Waals surface area contributed by atoms with Gasteiger partial charge >= 0.3 is 0 Å². The van der Waals surface area contributed by atoms with Crippen molar-refractivity contribution >= 4 is 52.3 Å². The number of nitrogens with zero attached hydrogens (tertiary/aromatic N) is 6. The summed E-state index contributed by atoms with van der Waals surface area (Å²) in [6.07, 6.45) is 2.76. The van der Waals surface area contributed by atoms with E-state index < -0.39 is 17.4 Å². The highest BCUT2D eigenvalue weighted by Gasteiger charge is 2.64. The fourth-order valence-electron chi connectivity index (χ4n) is 6.16. The van der Waals surface area contributed by atoms with Crippen LogP contribution >= 0.6 is 23.2 Å². The summed E-state index contributed by atoms with van der Waals surface area (Å²) in [5.41, 5.74) is 1.95. The minimum Gasteiger partial charge on any atom is -0.480 e. The number of nitrogens with one attached hydrogen (secondary N) is 1. The van der Waals surface area contributed by atoms with E-state index in [0.29, 0.717) is 55.9 Å². The number of aromatic nitrogens is 4. The van der Waals surface area contributed by atoms with Crippen LogP contribution in [0.2, 0.25) is 10.0 Å². The lowest BCUT2D eigenvalue weighted by Crippen LogP contribution is -2.51. The molecule has 5 heterocycles. The van der Waals surface area contributed by atoms with Crippen molar-refractivity contribution in [3.05, 3.63) is 75.2 Å². The zero-order valence-electron chi connectivity index (χ0n) is 23.4. The summed E-state index contributed by atoms with van der Waals surface area (Å²) in [4.78, 5) is 46.7. The Morgan fingerprint density at radius 1 is 1.05 bits per heavy atom. The molecule has 7 rings (SSSR count). The number of halogens is 2. The van der Waals surface area contributed by atoms with Gasteiger partial charge in [0.25, 0.3) is 11.8 Å². The molecule has 42 heavy (non-hydrogen) atoms. The molecule has 0 saturated carbocycles. The molecule has 0 bridgehead atoms. The molecule has 1 atom stereocenters. The van der Waals surface area contributed by atoms with Gasteiger partial charge in [-0.3, -0.25) is 14.5 Å². The number of anilines is 3. The first-order chi connectivity index (χ1) is 20.2. The van der Waals surface area contributed by atoms with E-state index in [1.807, 2.05) is 31.4 Å². The number of hydrogen-bond donors (Lipinski definition) is 1. The summed E-state index contributed by atoms with van der Waals surface area (Å²) in [6, 6.07) is 10.3. The number of aryl methyl sites for hydroxylation is 1. The van der Waals surface area contributed by atoms with E-state index in [0.717, 1.165) is 25.1 Å². The Kier molecular flexibility index (Phi) is 6.00. The van der Waals surface area contributed by atoms with E-state index in [2.05, 4.69) is 20.2 Å². The van der Waals surface area contributed by atoms with Crippen LogP contribution in [0.5, 0.6) is 5.88 Å². The third-order valence-corrected chi connectivity index (χ3v) is 8.66. The number of rotatable bonds is 5. The SMILES string of the molecule is COc1nc(N2CCC2)ncc1-c1nc2c(n1C(C)C)[C@@]1(C(=O)Nc3cc(Cl)ccc31)N(c1cc(Cl)ccc1C)C2=O. The highest BCUT2D eigenvalue weighted by molar-refractivity contribution is 6.32. The summed E-state index contributed by atoms with van der Waals surface area (Å²) in [6.45, 7) is 7.60. The first-order valence-corrected chi connectivity index (χ1v) is 14.4. The molecule has 0 unspecified atom stereocenters. The standard InChI is InChI=1S/C30H27Cl2N7O3/c1-15(2)38-24-23(35-25(38)19-14-33-29(36-26(19)42-4)37-10-5-11-37)27(40)39(22-13-18(32)7-6-16(22)3)30(24)20-9-8-17(31)12-21(20)34-28(30)41/h6-9,12-15H,5,10-11H2,1-4H3,(H,34,41)/t30-/m0/s1. The number of amides is 2. The van der Waals surface area contributed by atoms with E-state index in [1.54, 1.807) is 43.6 Å². The van der Waals surface area contributed by atoms with Crippen LogP contribution in [0.1, 0.15) is 53.6 Å². The van der Waals surface area contributed by atoms with Crippen LogP contribution in [-0.2, 0) is 10.3 Å². The van der Waals surface area contributed by atoms with Crippen LogP contribution < -0.4 is 19.9 Å². The topological polar surface area (TPSA) is 105 Å². The molecular weight excluding hydrogens is 577 g/mol. The predicted molar refractivity (Wildman–Crippen MR) is 161 cm³/mol. The molecule has 0 aliphatic carbocycles. The molecule has 3 aliphatic rings. The molecule has 2 aromatic heterocycles. The third kappa shape index (κ3) is 3.54. The maximum atomic E-state index is 14.5. The lowest BCUT2D eigenvalue weighted by atomic mass is 9.86. The van der Waals surface area contributed by atoms with Crippen molar-refractivity contribution in [2.24, 2.45) is 0 Å². The molecule has 0 radical (unpaired) electrons. The van der Waals surface area contributed by atoms with Gasteiger partial charge in [-0.15, -0.1) is 0 Å². The Labute approximate surface area is 252 Å². The molecule has 3 aliphatic heterocycles. The van der Waals surface area contributed by atoms with Crippen molar-refractivity contribution in [1.29, 1.82) is 0 Å². The Balaban J connectivity index is 1.53. The summed E-state index contributed by atoms with van der Waals surface area (Å²) in [5, 5.41) is 3.89. The minimum atomic E-state index is -1.58. The van der Waals surface area contributed by atoms with Crippen LogP contribution in [0.3, 0.4) is 0 Å². The van der Waals surface area contributed by atoms with Gasteiger partial charge in [0, 0.05) is 46.6 Å². The second-order valence-corrected chi connectivity index (χ2v) is 11.8. The Bertz CT molecular complexity index is 1820. The second-order valence-electron chi connectivity index (χ2n) is 11.0. The number of methoxy groups -OCH3 is 1. The highest BCUT2D eigenvalue weighted by atomic mass is 35.5. The van der Waals surface area contributed by atoms with Crippen molar-refractivity contribution in [3.63, 3.8) is 0 Å². The van der Waals surface area contributed by atoms with E-state index in [-0.39, 0.29) is 11.7 Å². The van der Waals surface area contributed by atoms with Crippen molar-refractivity contribution in [2.45, 2.75) is 38.8 Å². The van der Waals surface area contributed by atoms with Gasteiger partial charge in [-0.25, -0.2) is 9.97 Å². The highest BCUT2D eigenvalue weighted by Crippen LogP contribution is 2.55. The summed E-state index contributed by atoms with van der Waals surface area (Å²) >= 11 is 12.8. The van der Waals surface area contributed by atoms with E-state index in [9.17, 15) is 9.59 Å². The molecule has 1 saturated heterocycles. The number of hydrogen-bond acceptors (Lipinski definition) is 7. The van der Waals surface area contributed by atoms with Crippen LogP contribution in [0, 0.1) is 6.92 Å². The predicted octanol–water partition coefficient (Wildman–Crippen LogP) is 5.61. The molecule has 1 spiro atoms. The lowest BCUT2D eigenvalue weighted by molar-refractivity contribution is -0.119. The molecular formula is C30H27Cl2N7O3. The third-order valence-electron chi connectivity index (χ3n) is 8.19. The van der Waals surface area contributed by atoms with Crippen molar-refractivity contribution in [1.82, 2.24) is 19.5 Å². The van der Waals surface area contributed by atoms with Crippen LogP contribution in [0.15, 0.2) is 42.6 Å². The number of fused-ring (bicyclic) bond motifs is 4. The summed E-state index contributed by atoms with van der Waals surface area (Å²) in [5.74, 6) is 0.534. The molecule has 1 fully saturated rings. The maximum Gasteiger partial charge on any atom is 0.280 e. The lowest BCUT2D eigenvalue weighted by Gasteiger charge is -2.36. The van der Waals surface area contributed by atoms with Crippen molar-refractivity contribution in [2.75, 3.05) is 35.3 Å². The van der Waals surface area contributed by atoms with Gasteiger partial charge in [-0.2, -0.15) is 4.98 Å². The first-order valence-electron chi connectivity index (χ1n) is 13.7. The van der Waals surface area contributed by atoms with E-state index >= 15 is 0 Å². The van der Waals surface area contributed by atoms with E-state index in [1.165, 1.54) is 4.90 Å². The molecule has 12 heteroatoms. The van der Waals surface area contributed by atoms with Gasteiger partial charge in [0.05, 0.1) is 24.1 Å². The quantitative estimate of drug-likeness (QED) is 0.316. The monoisotopic (exact) mass is 603 g/mol. The number of imidazole rings is 1. The van der Waals surface area contributed by atoms with Crippen molar-refractivity contribution in [3.8, 4) is 17.3 Å². The van der Waals surface area contributed by atoms with Gasteiger partial charge in [0.1, 0.15) is 5.82 Å². The second kappa shape index (κ2) is 9.43. The fraction of sp³-hybridized carbons (Fsp3) is 0.300. The molecule has 2 aromatic carbocycles. The van der Waals surface area contributed by atoms with Crippen LogP contribution in [0.25, 0.3) is 11.4 Å². The van der Waals surface area contributed by atoms with Gasteiger partial charge in [0.15, 0.2) is 11.2 Å². The number of benzene rings is 2. The Hall–Kier alpha value is -4.15. The Morgan fingerprint density at radius 2 is 1.79 bits per heavy atom. The largest absolute Gasteiger partial charge is 0.480 e. The van der Waals surface area contributed by atoms with Crippen molar-refractivity contribution < 1.29 is 14.3 Å². The average Bonchev–Trinajstić information content (AvgIpc) is 3.53. The number of carbonyl (C=O) groups excluding carboxylic acids is 2. The van der Waals surface area contributed by atoms with Crippen LogP contribution in [-0.4, -0.2) is 51.5 Å². The molecule has 2 amide bonds. The molecule has 1 N–H and O–H groups in total. The fourth-order valence-corrected chi connectivity index (χ4v) is 6.50. The van der Waals surface area contributed by atoms with E-state index in [4.69, 9.17) is 32.9 Å². The summed E-state index contributed by atoms with van der Waals surface area (Å²) in [7, 11) is 1.54. The molecule has 4 aromatic rings.